The van der Waals surface area contributed by atoms with Crippen molar-refractivity contribution in [3.63, 3.8) is 0 Å². The van der Waals surface area contributed by atoms with Crippen LogP contribution in [-0.2, 0) is 10.8 Å². The van der Waals surface area contributed by atoms with Gasteiger partial charge >= 0.3 is 0 Å². The first-order valence-corrected chi connectivity index (χ1v) is 8.85. The summed E-state index contributed by atoms with van der Waals surface area (Å²) in [6.07, 6.45) is 7.55. The molecule has 0 amide bonds. The van der Waals surface area contributed by atoms with E-state index < -0.39 is 0 Å². The predicted octanol–water partition coefficient (Wildman–Crippen LogP) is 4.45. The number of fused-ring (bicyclic) bond motifs is 2. The normalized spacial score (nSPS) is 32.1. The molecule has 0 radical (unpaired) electrons. The van der Waals surface area contributed by atoms with Crippen LogP contribution in [0.1, 0.15) is 74.4 Å². The van der Waals surface area contributed by atoms with Crippen molar-refractivity contribution in [3.05, 3.63) is 28.8 Å². The van der Waals surface area contributed by atoms with Gasteiger partial charge in [0.25, 0.3) is 0 Å². The zero-order valence-electron chi connectivity index (χ0n) is 14.1. The Morgan fingerprint density at radius 1 is 1.14 bits per heavy atom. The van der Waals surface area contributed by atoms with Crippen molar-refractivity contribution in [3.8, 4) is 0 Å². The Kier molecular flexibility index (Phi) is 2.99. The minimum absolute atomic E-state index is 0.178. The van der Waals surface area contributed by atoms with Crippen LogP contribution in [0.15, 0.2) is 12.1 Å². The molecule has 2 unspecified atom stereocenters. The monoisotopic (exact) mass is 297 g/mol. The molecule has 2 heterocycles. The van der Waals surface area contributed by atoms with Gasteiger partial charge in [-0.3, -0.25) is 4.79 Å². The van der Waals surface area contributed by atoms with Crippen molar-refractivity contribution in [2.75, 3.05) is 18.0 Å². The van der Waals surface area contributed by atoms with E-state index in [9.17, 15) is 4.79 Å². The van der Waals surface area contributed by atoms with E-state index in [1.165, 1.54) is 62.0 Å². The van der Waals surface area contributed by atoms with Gasteiger partial charge in [0.1, 0.15) is 6.29 Å². The molecule has 2 aliphatic heterocycles. The van der Waals surface area contributed by atoms with Crippen LogP contribution < -0.4 is 4.90 Å². The number of benzene rings is 1. The van der Waals surface area contributed by atoms with Gasteiger partial charge in [-0.25, -0.2) is 0 Å². The lowest BCUT2D eigenvalue weighted by Gasteiger charge is -2.54. The van der Waals surface area contributed by atoms with Crippen LogP contribution in [0.4, 0.5) is 5.69 Å². The highest BCUT2D eigenvalue weighted by atomic mass is 16.1. The standard InChI is InChI=1S/C20H27NO/c1-19(2)8-9-21-12-15-6-4-5-7-20(15,3)17-11-14(13-22)10-16(19)18(17)21/h10-11,13,15H,4-9,12H2,1-3H3. The number of carbonyl (C=O) groups excluding carboxylic acids is 1. The van der Waals surface area contributed by atoms with E-state index in [1.54, 1.807) is 0 Å². The van der Waals surface area contributed by atoms with Gasteiger partial charge < -0.3 is 4.90 Å². The smallest absolute Gasteiger partial charge is 0.150 e. The topological polar surface area (TPSA) is 20.3 Å². The molecule has 1 aromatic carbocycles. The van der Waals surface area contributed by atoms with Gasteiger partial charge in [0, 0.05) is 24.3 Å². The van der Waals surface area contributed by atoms with Crippen molar-refractivity contribution in [1.29, 1.82) is 0 Å². The number of nitrogens with zero attached hydrogens (tertiary/aromatic N) is 1. The fraction of sp³-hybridized carbons (Fsp3) is 0.650. The second-order valence-corrected chi connectivity index (χ2v) is 8.52. The van der Waals surface area contributed by atoms with Gasteiger partial charge in [-0.15, -0.1) is 0 Å². The van der Waals surface area contributed by atoms with Crippen molar-refractivity contribution in [2.24, 2.45) is 5.92 Å². The van der Waals surface area contributed by atoms with Gasteiger partial charge in [0.15, 0.2) is 0 Å². The molecule has 0 saturated heterocycles. The Morgan fingerprint density at radius 2 is 1.91 bits per heavy atom. The van der Waals surface area contributed by atoms with E-state index in [1.807, 2.05) is 0 Å². The van der Waals surface area contributed by atoms with Crippen molar-refractivity contribution in [2.45, 2.75) is 63.7 Å². The van der Waals surface area contributed by atoms with Gasteiger partial charge in [-0.1, -0.05) is 33.6 Å². The van der Waals surface area contributed by atoms with Crippen LogP contribution in [0, 0.1) is 5.92 Å². The molecule has 2 nitrogen and oxygen atoms in total. The summed E-state index contributed by atoms with van der Waals surface area (Å²) in [5.41, 5.74) is 5.67. The second kappa shape index (κ2) is 4.59. The van der Waals surface area contributed by atoms with Crippen molar-refractivity contribution >= 4 is 12.0 Å². The molecule has 1 aliphatic carbocycles. The number of hydrogen-bond acceptors (Lipinski definition) is 2. The maximum Gasteiger partial charge on any atom is 0.150 e. The first-order chi connectivity index (χ1) is 10.5. The summed E-state index contributed by atoms with van der Waals surface area (Å²) in [6, 6.07) is 4.36. The third-order valence-corrected chi connectivity index (χ3v) is 6.78. The average molecular weight is 297 g/mol. The van der Waals surface area contributed by atoms with E-state index in [4.69, 9.17) is 0 Å². The van der Waals surface area contributed by atoms with Crippen LogP contribution in [0.2, 0.25) is 0 Å². The largest absolute Gasteiger partial charge is 0.371 e. The Morgan fingerprint density at radius 3 is 2.68 bits per heavy atom. The highest BCUT2D eigenvalue weighted by Crippen LogP contribution is 2.55. The fourth-order valence-electron chi connectivity index (χ4n) is 5.18. The number of anilines is 1. The Bertz CT molecular complexity index is 633. The average Bonchev–Trinajstić information content (AvgIpc) is 2.51. The minimum Gasteiger partial charge on any atom is -0.371 e. The molecule has 118 valence electrons. The minimum atomic E-state index is 0.178. The van der Waals surface area contributed by atoms with Crippen molar-refractivity contribution < 1.29 is 4.79 Å². The molecule has 0 spiro atoms. The maximum atomic E-state index is 11.5. The maximum absolute atomic E-state index is 11.5. The SMILES string of the molecule is CC1(C)CCN2CC3CCCCC3(C)c3cc(C=O)cc1c32. The lowest BCUT2D eigenvalue weighted by molar-refractivity contribution is 0.112. The van der Waals surface area contributed by atoms with Crippen LogP contribution in [-0.4, -0.2) is 19.4 Å². The van der Waals surface area contributed by atoms with E-state index in [0.29, 0.717) is 0 Å². The van der Waals surface area contributed by atoms with E-state index in [0.717, 1.165) is 17.8 Å². The van der Waals surface area contributed by atoms with Gasteiger partial charge in [0.05, 0.1) is 0 Å². The van der Waals surface area contributed by atoms with Gasteiger partial charge in [-0.05, 0) is 59.3 Å². The number of rotatable bonds is 1. The van der Waals surface area contributed by atoms with E-state index >= 15 is 0 Å². The molecule has 2 atom stereocenters. The van der Waals surface area contributed by atoms with Crippen molar-refractivity contribution in [1.82, 2.24) is 0 Å². The molecule has 3 aliphatic rings. The van der Waals surface area contributed by atoms with E-state index in [2.05, 4.69) is 37.8 Å². The van der Waals surface area contributed by atoms with Gasteiger partial charge in [-0.2, -0.15) is 0 Å². The van der Waals surface area contributed by atoms with Crippen LogP contribution >= 0.6 is 0 Å². The Balaban J connectivity index is 1.99. The summed E-state index contributed by atoms with van der Waals surface area (Å²) in [4.78, 5) is 14.1. The third-order valence-electron chi connectivity index (χ3n) is 6.78. The van der Waals surface area contributed by atoms with Crippen LogP contribution in [0.25, 0.3) is 0 Å². The first-order valence-electron chi connectivity index (χ1n) is 8.85. The van der Waals surface area contributed by atoms with Crippen LogP contribution in [0.3, 0.4) is 0 Å². The number of hydrogen-bond donors (Lipinski definition) is 0. The Labute approximate surface area is 133 Å². The fourth-order valence-corrected chi connectivity index (χ4v) is 5.18. The molecule has 4 rings (SSSR count). The summed E-state index contributed by atoms with van der Waals surface area (Å²) in [7, 11) is 0. The molecule has 1 aromatic rings. The molecule has 2 heteroatoms. The summed E-state index contributed by atoms with van der Waals surface area (Å²) in [5.74, 6) is 0.754. The molecular weight excluding hydrogens is 270 g/mol. The quantitative estimate of drug-likeness (QED) is 0.714. The first kappa shape index (κ1) is 14.3. The van der Waals surface area contributed by atoms with Gasteiger partial charge in [0.2, 0.25) is 0 Å². The van der Waals surface area contributed by atoms with Crippen LogP contribution in [0.5, 0.6) is 0 Å². The molecule has 0 N–H and O–H groups in total. The molecule has 22 heavy (non-hydrogen) atoms. The lowest BCUT2D eigenvalue weighted by atomic mass is 9.59. The third kappa shape index (κ3) is 1.82. The highest BCUT2D eigenvalue weighted by Gasteiger charge is 2.47. The summed E-state index contributed by atoms with van der Waals surface area (Å²) in [5, 5.41) is 0. The molecular formula is C20H27NO. The predicted molar refractivity (Wildman–Crippen MR) is 91.0 cm³/mol. The zero-order valence-corrected chi connectivity index (χ0v) is 14.1. The number of carbonyl (C=O) groups is 1. The second-order valence-electron chi connectivity index (χ2n) is 8.52. The summed E-state index contributed by atoms with van der Waals surface area (Å²) < 4.78 is 0. The molecule has 1 saturated carbocycles. The van der Waals surface area contributed by atoms with E-state index in [-0.39, 0.29) is 10.8 Å². The number of aldehydes is 1. The molecule has 0 aromatic heterocycles. The summed E-state index contributed by atoms with van der Waals surface area (Å²) >= 11 is 0. The molecule has 0 bridgehead atoms. The summed E-state index contributed by atoms with van der Waals surface area (Å²) in [6.45, 7) is 9.51. The Hall–Kier alpha value is -1.31. The zero-order chi connectivity index (χ0) is 15.5. The molecule has 1 fully saturated rings. The lowest BCUT2D eigenvalue weighted by Crippen LogP contribution is -2.51. The highest BCUT2D eigenvalue weighted by molar-refractivity contribution is 5.81.